The van der Waals surface area contributed by atoms with Gasteiger partial charge in [0.25, 0.3) is 5.56 Å². The number of aromatic nitrogens is 4. The molecule has 1 aliphatic carbocycles. The quantitative estimate of drug-likeness (QED) is 0.312. The van der Waals surface area contributed by atoms with Gasteiger partial charge in [0.05, 0.1) is 41.8 Å². The molecule has 5 rings (SSSR count). The van der Waals surface area contributed by atoms with Gasteiger partial charge in [0.1, 0.15) is 0 Å². The van der Waals surface area contributed by atoms with Crippen LogP contribution in [0.5, 0.6) is 0 Å². The molecule has 1 N–H and O–H groups in total. The molecule has 0 unspecified atom stereocenters. The number of benzene rings is 2. The van der Waals surface area contributed by atoms with Crippen molar-refractivity contribution >= 4 is 5.65 Å². The minimum Gasteiger partial charge on any atom is -0.388 e. The summed E-state index contributed by atoms with van der Waals surface area (Å²) in [7, 11) is 0. The van der Waals surface area contributed by atoms with Crippen molar-refractivity contribution in [3.05, 3.63) is 87.5 Å². The highest BCUT2D eigenvalue weighted by molar-refractivity contribution is 5.70. The Morgan fingerprint density at radius 3 is 2.50 bits per heavy atom. The number of aliphatic hydroxyl groups is 1. The predicted molar refractivity (Wildman–Crippen MR) is 154 cm³/mol. The van der Waals surface area contributed by atoms with Crippen LogP contribution in [0.15, 0.2) is 59.5 Å². The minimum atomic E-state index is -0.857. The average Bonchev–Trinajstić information content (AvgIpc) is 3.44. The first kappa shape index (κ1) is 27.8. The lowest BCUT2D eigenvalue weighted by atomic mass is 9.92. The summed E-state index contributed by atoms with van der Waals surface area (Å²) in [5, 5.41) is 28.1. The molecule has 1 fully saturated rings. The fourth-order valence-electron chi connectivity index (χ4n) is 5.74. The maximum atomic E-state index is 14.2. The average molecular weight is 540 g/mol. The van der Waals surface area contributed by atoms with Crippen LogP contribution < -0.4 is 5.56 Å². The Kier molecular flexibility index (Phi) is 8.15. The smallest absolute Gasteiger partial charge is 0.257 e. The largest absolute Gasteiger partial charge is 0.388 e. The third-order valence-corrected chi connectivity index (χ3v) is 7.72. The Hall–Kier alpha value is -3.80. The van der Waals surface area contributed by atoms with E-state index in [1.165, 1.54) is 0 Å². The Morgan fingerprint density at radius 1 is 1.10 bits per heavy atom. The number of hydrogen-bond acceptors (Lipinski definition) is 6. The standard InChI is InChI=1S/C32H37N5O3/c1-4-7-29-28(18-22-10-12-23(13-11-22)27-9-6-5-8-24(27)19-33)31(38)36(30-20-34-35-37(29)30)25-14-16-26(17-15-25)40-21-32(2,3)39/h5-6,8-13,20,25-26,39H,4,7,14-18,21H2,1-3H3/t25-,26-. The Balaban J connectivity index is 1.45. The van der Waals surface area contributed by atoms with Crippen molar-refractivity contribution in [2.75, 3.05) is 6.61 Å². The molecule has 0 saturated heterocycles. The zero-order valence-corrected chi connectivity index (χ0v) is 23.5. The van der Waals surface area contributed by atoms with Crippen molar-refractivity contribution in [3.63, 3.8) is 0 Å². The molecule has 2 heterocycles. The molecule has 1 saturated carbocycles. The molecule has 0 bridgehead atoms. The number of rotatable bonds is 9. The lowest BCUT2D eigenvalue weighted by Crippen LogP contribution is -2.36. The first-order valence-corrected chi connectivity index (χ1v) is 14.2. The van der Waals surface area contributed by atoms with Gasteiger partial charge in [-0.15, -0.1) is 5.10 Å². The molecule has 0 amide bonds. The molecular formula is C32H37N5O3. The van der Waals surface area contributed by atoms with Gasteiger partial charge in [-0.2, -0.15) is 5.26 Å². The van der Waals surface area contributed by atoms with Crippen molar-refractivity contribution in [2.45, 2.75) is 83.5 Å². The molecule has 0 radical (unpaired) electrons. The van der Waals surface area contributed by atoms with Crippen LogP contribution >= 0.6 is 0 Å². The van der Waals surface area contributed by atoms with E-state index in [0.29, 0.717) is 18.6 Å². The summed E-state index contributed by atoms with van der Waals surface area (Å²) < 4.78 is 9.72. The van der Waals surface area contributed by atoms with Crippen LogP contribution in [-0.2, 0) is 17.6 Å². The number of fused-ring (bicyclic) bond motifs is 1. The highest BCUT2D eigenvalue weighted by Gasteiger charge is 2.28. The van der Waals surface area contributed by atoms with Crippen molar-refractivity contribution in [3.8, 4) is 17.2 Å². The van der Waals surface area contributed by atoms with Gasteiger partial charge in [0.2, 0.25) is 0 Å². The second kappa shape index (κ2) is 11.7. The summed E-state index contributed by atoms with van der Waals surface area (Å²) in [6, 6.07) is 18.0. The predicted octanol–water partition coefficient (Wildman–Crippen LogP) is 5.24. The minimum absolute atomic E-state index is 0.0259. The highest BCUT2D eigenvalue weighted by Crippen LogP contribution is 2.32. The lowest BCUT2D eigenvalue weighted by Gasteiger charge is -2.32. The zero-order valence-electron chi connectivity index (χ0n) is 23.5. The van der Waals surface area contributed by atoms with E-state index >= 15 is 0 Å². The van der Waals surface area contributed by atoms with E-state index < -0.39 is 5.60 Å². The van der Waals surface area contributed by atoms with E-state index in [9.17, 15) is 15.2 Å². The van der Waals surface area contributed by atoms with Gasteiger partial charge in [-0.1, -0.05) is 61.0 Å². The molecule has 4 aromatic rings. The van der Waals surface area contributed by atoms with Crippen LogP contribution in [0, 0.1) is 11.3 Å². The van der Waals surface area contributed by atoms with E-state index in [-0.39, 0.29) is 17.7 Å². The molecule has 1 aliphatic rings. The van der Waals surface area contributed by atoms with Crippen LogP contribution in [0.1, 0.15) is 81.3 Å². The number of hydrogen-bond donors (Lipinski definition) is 1. The monoisotopic (exact) mass is 539 g/mol. The highest BCUT2D eigenvalue weighted by atomic mass is 16.5. The van der Waals surface area contributed by atoms with Crippen molar-refractivity contribution in [1.82, 2.24) is 19.4 Å². The molecule has 0 atom stereocenters. The summed E-state index contributed by atoms with van der Waals surface area (Å²) in [6.07, 6.45) is 7.19. The number of aryl methyl sites for hydroxylation is 1. The Bertz CT molecular complexity index is 1570. The van der Waals surface area contributed by atoms with Crippen LogP contribution in [-0.4, -0.2) is 42.8 Å². The van der Waals surface area contributed by atoms with Gasteiger partial charge in [0, 0.05) is 18.0 Å². The third-order valence-electron chi connectivity index (χ3n) is 7.72. The third kappa shape index (κ3) is 5.86. The topological polar surface area (TPSA) is 105 Å². The molecule has 208 valence electrons. The Labute approximate surface area is 234 Å². The second-order valence-corrected chi connectivity index (χ2v) is 11.4. The fourth-order valence-corrected chi connectivity index (χ4v) is 5.74. The molecule has 0 spiro atoms. The molecule has 0 aliphatic heterocycles. The van der Waals surface area contributed by atoms with Crippen LogP contribution in [0.3, 0.4) is 0 Å². The maximum Gasteiger partial charge on any atom is 0.257 e. The zero-order chi connectivity index (χ0) is 28.3. The van der Waals surface area contributed by atoms with Gasteiger partial charge >= 0.3 is 0 Å². The normalized spacial score (nSPS) is 17.7. The molecule has 40 heavy (non-hydrogen) atoms. The molecule has 8 heteroatoms. The molecule has 2 aromatic carbocycles. The van der Waals surface area contributed by atoms with E-state index in [1.54, 1.807) is 20.0 Å². The number of ether oxygens (including phenoxy) is 1. The van der Waals surface area contributed by atoms with Crippen LogP contribution in [0.2, 0.25) is 0 Å². The summed E-state index contributed by atoms with van der Waals surface area (Å²) in [5.74, 6) is 0. The van der Waals surface area contributed by atoms with Crippen LogP contribution in [0.25, 0.3) is 16.8 Å². The van der Waals surface area contributed by atoms with Crippen molar-refractivity contribution in [1.29, 1.82) is 5.26 Å². The number of nitriles is 1. The van der Waals surface area contributed by atoms with E-state index in [2.05, 4.69) is 23.3 Å². The first-order chi connectivity index (χ1) is 19.3. The van der Waals surface area contributed by atoms with Gasteiger partial charge in [-0.05, 0) is 68.7 Å². The number of nitrogens with zero attached hydrogens (tertiary/aromatic N) is 5. The maximum absolute atomic E-state index is 14.2. The lowest BCUT2D eigenvalue weighted by molar-refractivity contribution is -0.0654. The van der Waals surface area contributed by atoms with Gasteiger partial charge in [0.15, 0.2) is 5.65 Å². The summed E-state index contributed by atoms with van der Waals surface area (Å²) >= 11 is 0. The van der Waals surface area contributed by atoms with Gasteiger partial charge in [-0.3, -0.25) is 9.36 Å². The second-order valence-electron chi connectivity index (χ2n) is 11.4. The SMILES string of the molecule is CCCc1c(Cc2ccc(-c3ccccc3C#N)cc2)c(=O)n([C@H]2CC[C@H](OCC(C)(C)O)CC2)c2cnnn12. The van der Waals surface area contributed by atoms with Crippen molar-refractivity contribution in [2.24, 2.45) is 0 Å². The van der Waals surface area contributed by atoms with Crippen molar-refractivity contribution < 1.29 is 9.84 Å². The summed E-state index contributed by atoms with van der Waals surface area (Å²) in [4.78, 5) is 14.2. The molecular weight excluding hydrogens is 502 g/mol. The van der Waals surface area contributed by atoms with Gasteiger partial charge in [-0.25, -0.2) is 4.52 Å². The first-order valence-electron chi connectivity index (χ1n) is 14.2. The Morgan fingerprint density at radius 2 is 1.82 bits per heavy atom. The van der Waals surface area contributed by atoms with Gasteiger partial charge < -0.3 is 9.84 Å². The molecule has 2 aromatic heterocycles. The van der Waals surface area contributed by atoms with E-state index in [1.807, 2.05) is 57.6 Å². The summed E-state index contributed by atoms with van der Waals surface area (Å²) in [6.45, 7) is 5.91. The van der Waals surface area contributed by atoms with E-state index in [0.717, 1.165) is 72.1 Å². The summed E-state index contributed by atoms with van der Waals surface area (Å²) in [5.41, 5.74) is 5.12. The fraction of sp³-hybridized carbons (Fsp3) is 0.438. The van der Waals surface area contributed by atoms with E-state index in [4.69, 9.17) is 4.74 Å². The molecule has 8 nitrogen and oxygen atoms in total. The van der Waals surface area contributed by atoms with Crippen LogP contribution in [0.4, 0.5) is 0 Å².